The van der Waals surface area contributed by atoms with Crippen molar-refractivity contribution in [1.82, 2.24) is 20.2 Å². The van der Waals surface area contributed by atoms with Crippen LogP contribution in [0, 0.1) is 25.5 Å². The number of nitrogens with zero attached hydrogens (tertiary/aromatic N) is 6. The summed E-state index contributed by atoms with van der Waals surface area (Å²) in [5.74, 6) is -2.54. The first kappa shape index (κ1) is 28.1. The molecule has 0 saturated carbocycles. The van der Waals surface area contributed by atoms with Gasteiger partial charge in [-0.3, -0.25) is 10.1 Å². The third kappa shape index (κ3) is 6.08. The summed E-state index contributed by atoms with van der Waals surface area (Å²) in [4.78, 5) is 11.1. The van der Waals surface area contributed by atoms with Crippen LogP contribution in [0.25, 0.3) is 11.5 Å². The molecule has 0 aliphatic carbocycles. The molecular formula is C25H20F5IrN6. The quantitative estimate of drug-likeness (QED) is 0.216. The predicted octanol–water partition coefficient (Wildman–Crippen LogP) is 5.28. The van der Waals surface area contributed by atoms with Crippen LogP contribution in [-0.2, 0) is 32.8 Å². The van der Waals surface area contributed by atoms with Gasteiger partial charge < -0.3 is 26.8 Å². The molecule has 2 aromatic carbocycles. The third-order valence-corrected chi connectivity index (χ3v) is 5.56. The Balaban J connectivity index is 0.000000211. The summed E-state index contributed by atoms with van der Waals surface area (Å²) in [6, 6.07) is 14.8. The Kier molecular flexibility index (Phi) is 8.55. The first-order valence-corrected chi connectivity index (χ1v) is 10.6. The van der Waals surface area contributed by atoms with Crippen LogP contribution < -0.4 is 14.9 Å². The van der Waals surface area contributed by atoms with E-state index < -0.39 is 23.6 Å². The van der Waals surface area contributed by atoms with Crippen LogP contribution >= 0.6 is 0 Å². The van der Waals surface area contributed by atoms with Crippen molar-refractivity contribution in [2.45, 2.75) is 18.9 Å². The van der Waals surface area contributed by atoms with E-state index in [0.29, 0.717) is 17.7 Å². The van der Waals surface area contributed by atoms with Crippen molar-refractivity contribution >= 4 is 11.4 Å². The number of fused-ring (bicyclic) bond motifs is 1. The van der Waals surface area contributed by atoms with Gasteiger partial charge in [0.2, 0.25) is 0 Å². The van der Waals surface area contributed by atoms with Crippen LogP contribution in [0.4, 0.5) is 33.3 Å². The maximum absolute atomic E-state index is 14.0. The van der Waals surface area contributed by atoms with E-state index in [1.165, 1.54) is 18.3 Å². The molecule has 12 heteroatoms. The molecule has 6 nitrogen and oxygen atoms in total. The second kappa shape index (κ2) is 11.3. The van der Waals surface area contributed by atoms with Crippen LogP contribution in [0.3, 0.4) is 0 Å². The van der Waals surface area contributed by atoms with Gasteiger partial charge in [0.1, 0.15) is 5.82 Å². The molecule has 0 spiro atoms. The number of halogens is 5. The first-order valence-electron chi connectivity index (χ1n) is 10.6. The zero-order valence-corrected chi connectivity index (χ0v) is 21.8. The van der Waals surface area contributed by atoms with Crippen molar-refractivity contribution in [3.8, 4) is 11.5 Å². The normalized spacial score (nSPS) is 14.5. The number of rotatable bonds is 3. The Labute approximate surface area is 223 Å². The molecule has 0 fully saturated rings. The minimum Gasteiger partial charge on any atom is -0.413 e. The van der Waals surface area contributed by atoms with Crippen LogP contribution in [-0.4, -0.2) is 28.3 Å². The average molecular weight is 692 g/mol. The molecule has 1 aliphatic rings. The van der Waals surface area contributed by atoms with Crippen molar-refractivity contribution in [3.05, 3.63) is 103 Å². The third-order valence-electron chi connectivity index (χ3n) is 5.56. The van der Waals surface area contributed by atoms with E-state index >= 15 is 0 Å². The fourth-order valence-corrected chi connectivity index (χ4v) is 3.69. The first-order chi connectivity index (χ1) is 17.1. The van der Waals surface area contributed by atoms with Gasteiger partial charge in [-0.05, 0) is 42.3 Å². The van der Waals surface area contributed by atoms with Gasteiger partial charge in [0.05, 0.1) is 28.7 Å². The molecule has 0 saturated heterocycles. The van der Waals surface area contributed by atoms with Crippen LogP contribution in [0.2, 0.25) is 0 Å². The maximum atomic E-state index is 14.0. The summed E-state index contributed by atoms with van der Waals surface area (Å²) in [6.07, 6.45) is -3.27. The zero-order valence-electron chi connectivity index (χ0n) is 19.4. The fraction of sp³-hybridized carbons (Fsp3) is 0.160. The van der Waals surface area contributed by atoms with Crippen molar-refractivity contribution in [2.75, 3.05) is 16.8 Å². The fourth-order valence-electron chi connectivity index (χ4n) is 3.69. The number of alkyl halides is 3. The van der Waals surface area contributed by atoms with Crippen LogP contribution in [0.15, 0.2) is 60.8 Å². The van der Waals surface area contributed by atoms with Gasteiger partial charge >= 0.3 is 26.3 Å². The zero-order chi connectivity index (χ0) is 26.0. The molecule has 1 atom stereocenters. The Morgan fingerprint density at radius 1 is 1.03 bits per heavy atom. The summed E-state index contributed by atoms with van der Waals surface area (Å²) in [7, 11) is 1.95. The van der Waals surface area contributed by atoms with E-state index in [9.17, 15) is 22.0 Å². The Morgan fingerprint density at radius 2 is 1.70 bits per heavy atom. The SMILES string of the molecule is FC(F)(F)c1n[n-]c(-c2ccccn2)n1.[CH2-]c1cc(F)cc(F)c1CN1c2ccccc2N(C)C1[CH2-].[Ir+3]. The monoisotopic (exact) mass is 692 g/mol. The molecule has 1 unspecified atom stereocenters. The van der Waals surface area contributed by atoms with Crippen LogP contribution in [0.5, 0.6) is 0 Å². The molecule has 0 amide bonds. The van der Waals surface area contributed by atoms with Gasteiger partial charge in [0, 0.05) is 19.8 Å². The summed E-state index contributed by atoms with van der Waals surface area (Å²) in [6.45, 7) is 8.17. The summed E-state index contributed by atoms with van der Waals surface area (Å²) >= 11 is 0. The van der Waals surface area contributed by atoms with E-state index in [1.54, 1.807) is 12.1 Å². The molecule has 194 valence electrons. The van der Waals surface area contributed by atoms with Gasteiger partial charge in [-0.1, -0.05) is 23.8 Å². The Bertz CT molecular complexity index is 1320. The number of para-hydroxylation sites is 2. The van der Waals surface area contributed by atoms with Crippen molar-refractivity contribution in [3.63, 3.8) is 0 Å². The summed E-state index contributed by atoms with van der Waals surface area (Å²) in [5, 5.41) is 6.25. The number of pyridine rings is 1. The summed E-state index contributed by atoms with van der Waals surface area (Å²) in [5.41, 5.74) is 3.07. The second-order valence-corrected chi connectivity index (χ2v) is 7.91. The minimum absolute atomic E-state index is 0. The minimum atomic E-state index is -4.57. The molecule has 2 aromatic heterocycles. The van der Waals surface area contributed by atoms with Crippen LogP contribution in [0.1, 0.15) is 17.0 Å². The van der Waals surface area contributed by atoms with E-state index in [2.05, 4.69) is 34.0 Å². The Hall–Kier alpha value is -3.50. The van der Waals surface area contributed by atoms with Crippen molar-refractivity contribution in [2.24, 2.45) is 0 Å². The van der Waals surface area contributed by atoms with Gasteiger partial charge in [0.25, 0.3) is 0 Å². The molecule has 1 aliphatic heterocycles. The van der Waals surface area contributed by atoms with Crippen molar-refractivity contribution < 1.29 is 42.1 Å². The van der Waals surface area contributed by atoms with Gasteiger partial charge in [-0.15, -0.1) is 6.07 Å². The Morgan fingerprint density at radius 3 is 2.30 bits per heavy atom. The smallest absolute Gasteiger partial charge is 0.413 e. The van der Waals surface area contributed by atoms with E-state index in [0.717, 1.165) is 17.4 Å². The van der Waals surface area contributed by atoms with E-state index in [4.69, 9.17) is 0 Å². The number of aromatic nitrogens is 4. The predicted molar refractivity (Wildman–Crippen MR) is 125 cm³/mol. The molecular weight excluding hydrogens is 672 g/mol. The molecule has 0 N–H and O–H groups in total. The molecule has 0 radical (unpaired) electrons. The molecule has 5 rings (SSSR count). The largest absolute Gasteiger partial charge is 3.00 e. The number of hydrogen-bond donors (Lipinski definition) is 0. The molecule has 37 heavy (non-hydrogen) atoms. The van der Waals surface area contributed by atoms with E-state index in [-0.39, 0.29) is 37.8 Å². The number of anilines is 2. The molecule has 4 aromatic rings. The molecule has 3 heterocycles. The van der Waals surface area contributed by atoms with Gasteiger partial charge in [0.15, 0.2) is 0 Å². The number of benzene rings is 2. The second-order valence-electron chi connectivity index (χ2n) is 7.91. The average Bonchev–Trinajstić information content (AvgIpc) is 3.43. The molecule has 0 bridgehead atoms. The van der Waals surface area contributed by atoms with Gasteiger partial charge in [-0.25, -0.2) is 8.78 Å². The number of hydrogen-bond acceptors (Lipinski definition) is 5. The standard InChI is InChI=1S/C17H16F2N2.C8H4F3N4.Ir/c1-11-8-13(18)9-15(19)14(11)10-21-12(2)20(3)16-6-4-5-7-17(16)21;9-8(10,11)7-13-6(14-15-7)5-3-1-2-4-12-5;/h4-9,12H,1-2,10H2,3H3;1-4H;/q-2;-1;+3. The van der Waals surface area contributed by atoms with Gasteiger partial charge in [-0.2, -0.15) is 25.7 Å². The summed E-state index contributed by atoms with van der Waals surface area (Å²) < 4.78 is 63.6. The topological polar surface area (TPSA) is 59.3 Å². The maximum Gasteiger partial charge on any atom is 3.00 e. The van der Waals surface area contributed by atoms with E-state index in [1.807, 2.05) is 41.1 Å². The van der Waals surface area contributed by atoms with Crippen molar-refractivity contribution in [1.29, 1.82) is 0 Å².